The number of hydrogen-bond donors (Lipinski definition) is 1. The average molecular weight is 520 g/mol. The minimum atomic E-state index is -0.463. The van der Waals surface area contributed by atoms with Crippen LogP contribution in [0, 0.1) is 12.8 Å². The molecule has 36 heavy (non-hydrogen) atoms. The Morgan fingerprint density at radius 3 is 2.56 bits per heavy atom. The van der Waals surface area contributed by atoms with Crippen molar-refractivity contribution in [2.24, 2.45) is 5.92 Å². The minimum Gasteiger partial charge on any atom is -0.372 e. The molecule has 0 bridgehead atoms. The zero-order valence-corrected chi connectivity index (χ0v) is 22.4. The second kappa shape index (κ2) is 10.2. The number of carbonyl (C=O) groups is 1. The molecule has 0 radical (unpaired) electrons. The van der Waals surface area contributed by atoms with Crippen LogP contribution in [-0.2, 0) is 22.6 Å². The van der Waals surface area contributed by atoms with Gasteiger partial charge < -0.3 is 10.1 Å². The van der Waals surface area contributed by atoms with Gasteiger partial charge in [-0.2, -0.15) is 0 Å². The number of hydrogen-bond acceptors (Lipinski definition) is 6. The molecule has 0 aliphatic carbocycles. The van der Waals surface area contributed by atoms with Gasteiger partial charge in [-0.15, -0.1) is 11.3 Å². The van der Waals surface area contributed by atoms with E-state index < -0.39 is 5.25 Å². The molecule has 2 atom stereocenters. The Labute approximate surface area is 218 Å². The number of ether oxygens (including phenoxy) is 1. The number of nitrogens with zero attached hydrogens (tertiary/aromatic N) is 2. The molecule has 0 spiro atoms. The predicted molar refractivity (Wildman–Crippen MR) is 147 cm³/mol. The van der Waals surface area contributed by atoms with E-state index in [1.165, 1.54) is 23.1 Å². The summed E-state index contributed by atoms with van der Waals surface area (Å²) in [5, 5.41) is 3.67. The highest BCUT2D eigenvalue weighted by molar-refractivity contribution is 8.00. The number of amides is 1. The Morgan fingerprint density at radius 2 is 1.86 bits per heavy atom. The molecule has 0 saturated carbocycles. The Kier molecular flexibility index (Phi) is 7.01. The van der Waals surface area contributed by atoms with Crippen LogP contribution in [0.15, 0.2) is 64.5 Å². The van der Waals surface area contributed by atoms with E-state index in [4.69, 9.17) is 9.72 Å². The van der Waals surface area contributed by atoms with Crippen LogP contribution in [0.1, 0.15) is 36.8 Å². The molecular formula is C28H29N3O3S2. The summed E-state index contributed by atoms with van der Waals surface area (Å²) in [7, 11) is 0. The number of para-hydroxylation sites is 1. The molecule has 1 N–H and O–H groups in total. The van der Waals surface area contributed by atoms with Crippen molar-refractivity contribution in [3.63, 3.8) is 0 Å². The molecule has 1 aliphatic heterocycles. The summed E-state index contributed by atoms with van der Waals surface area (Å²) >= 11 is 2.82. The van der Waals surface area contributed by atoms with E-state index in [1.54, 1.807) is 4.57 Å². The van der Waals surface area contributed by atoms with Crippen LogP contribution >= 0.6 is 23.1 Å². The molecule has 8 heteroatoms. The molecule has 0 saturated heterocycles. The molecule has 2 aromatic heterocycles. The molecule has 186 valence electrons. The maximum absolute atomic E-state index is 14.1. The van der Waals surface area contributed by atoms with Gasteiger partial charge in [0, 0.05) is 17.0 Å². The lowest BCUT2D eigenvalue weighted by atomic mass is 9.96. The Balaban J connectivity index is 1.58. The van der Waals surface area contributed by atoms with Crippen molar-refractivity contribution in [3.8, 4) is 5.69 Å². The summed E-state index contributed by atoms with van der Waals surface area (Å²) in [6, 6.07) is 17.2. The number of anilines is 1. The Morgan fingerprint density at radius 1 is 1.14 bits per heavy atom. The maximum atomic E-state index is 14.1. The van der Waals surface area contributed by atoms with Crippen molar-refractivity contribution >= 4 is 44.9 Å². The van der Waals surface area contributed by atoms with Crippen LogP contribution in [0.2, 0.25) is 0 Å². The molecule has 1 amide bonds. The minimum absolute atomic E-state index is 0.0817. The highest BCUT2D eigenvalue weighted by Crippen LogP contribution is 2.37. The third kappa shape index (κ3) is 4.85. The second-order valence-electron chi connectivity index (χ2n) is 9.47. The number of benzene rings is 2. The fraction of sp³-hybridized carbons (Fsp3) is 0.321. The summed E-state index contributed by atoms with van der Waals surface area (Å²) in [4.78, 5) is 33.7. The Bertz CT molecular complexity index is 1460. The molecule has 6 nitrogen and oxygen atoms in total. The van der Waals surface area contributed by atoms with E-state index in [0.717, 1.165) is 27.4 Å². The van der Waals surface area contributed by atoms with Gasteiger partial charge in [0.05, 0.1) is 29.0 Å². The first-order chi connectivity index (χ1) is 17.3. The van der Waals surface area contributed by atoms with Crippen LogP contribution in [0.5, 0.6) is 0 Å². The maximum Gasteiger partial charge on any atom is 0.267 e. The molecule has 5 rings (SSSR count). The number of aryl methyl sites for hydroxylation is 1. The van der Waals surface area contributed by atoms with Gasteiger partial charge in [-0.25, -0.2) is 4.98 Å². The van der Waals surface area contributed by atoms with Gasteiger partial charge in [0.15, 0.2) is 5.16 Å². The Hall–Kier alpha value is -2.94. The molecular weight excluding hydrogens is 490 g/mol. The van der Waals surface area contributed by atoms with Crippen molar-refractivity contribution in [2.45, 2.75) is 57.2 Å². The number of thiophene rings is 1. The summed E-state index contributed by atoms with van der Waals surface area (Å²) in [6.07, 6.45) is 0.790. The van der Waals surface area contributed by atoms with Crippen molar-refractivity contribution in [3.05, 3.63) is 81.0 Å². The number of rotatable bonds is 6. The lowest BCUT2D eigenvalue weighted by Crippen LogP contribution is -2.29. The van der Waals surface area contributed by atoms with Gasteiger partial charge in [-0.1, -0.05) is 61.5 Å². The van der Waals surface area contributed by atoms with Crippen LogP contribution in [0.25, 0.3) is 15.9 Å². The van der Waals surface area contributed by atoms with Crippen molar-refractivity contribution in [2.75, 3.05) is 5.32 Å². The van der Waals surface area contributed by atoms with E-state index >= 15 is 0 Å². The zero-order chi connectivity index (χ0) is 25.4. The third-order valence-corrected chi connectivity index (χ3v) is 8.59. The van der Waals surface area contributed by atoms with Crippen molar-refractivity contribution in [1.29, 1.82) is 0 Å². The van der Waals surface area contributed by atoms with Gasteiger partial charge in [-0.05, 0) is 49.6 Å². The van der Waals surface area contributed by atoms with Crippen LogP contribution < -0.4 is 10.9 Å². The van der Waals surface area contributed by atoms with E-state index in [-0.39, 0.29) is 17.6 Å². The molecule has 4 aromatic rings. The van der Waals surface area contributed by atoms with E-state index in [1.807, 2.05) is 68.4 Å². The summed E-state index contributed by atoms with van der Waals surface area (Å²) in [5.74, 6) is 0.217. The summed E-state index contributed by atoms with van der Waals surface area (Å²) < 4.78 is 7.72. The molecule has 1 aliphatic rings. The topological polar surface area (TPSA) is 73.2 Å². The quantitative estimate of drug-likeness (QED) is 0.251. The lowest BCUT2D eigenvalue weighted by Gasteiger charge is -2.26. The van der Waals surface area contributed by atoms with Gasteiger partial charge in [-0.3, -0.25) is 14.2 Å². The largest absolute Gasteiger partial charge is 0.372 e. The number of fused-ring (bicyclic) bond motifs is 3. The highest BCUT2D eigenvalue weighted by Gasteiger charge is 2.29. The van der Waals surface area contributed by atoms with Gasteiger partial charge in [0.25, 0.3) is 5.56 Å². The van der Waals surface area contributed by atoms with E-state index in [2.05, 4.69) is 19.2 Å². The molecule has 3 heterocycles. The number of nitrogens with one attached hydrogen (secondary N) is 1. The fourth-order valence-corrected chi connectivity index (χ4v) is 6.41. The average Bonchev–Trinajstić information content (AvgIpc) is 3.23. The van der Waals surface area contributed by atoms with Gasteiger partial charge >= 0.3 is 0 Å². The third-order valence-electron chi connectivity index (χ3n) is 6.44. The highest BCUT2D eigenvalue weighted by atomic mass is 32.2. The smallest absolute Gasteiger partial charge is 0.267 e. The molecule has 0 unspecified atom stereocenters. The molecule has 2 aromatic carbocycles. The van der Waals surface area contributed by atoms with Crippen molar-refractivity contribution in [1.82, 2.24) is 9.55 Å². The van der Waals surface area contributed by atoms with Crippen LogP contribution in [0.3, 0.4) is 0 Å². The standard InChI is InChI=1S/C28H29N3O3S2/c1-16(2)22-14-21-23(15-34-22)36-26-24(21)27(33)31(20-12-10-17(3)11-13-20)28(30-26)35-18(4)25(32)29-19-8-6-5-7-9-19/h5-13,16,18,22H,14-15H2,1-4H3,(H,29,32)/t18-,22-/m1/s1. The normalized spacial score (nSPS) is 16.2. The first-order valence-corrected chi connectivity index (χ1v) is 13.8. The summed E-state index contributed by atoms with van der Waals surface area (Å²) in [6.45, 7) is 8.63. The lowest BCUT2D eigenvalue weighted by molar-refractivity contribution is -0.115. The number of carbonyl (C=O) groups excluding carboxylic acids is 1. The summed E-state index contributed by atoms with van der Waals surface area (Å²) in [5.41, 5.74) is 3.55. The first kappa shape index (κ1) is 24.7. The van der Waals surface area contributed by atoms with E-state index in [0.29, 0.717) is 34.3 Å². The first-order valence-electron chi connectivity index (χ1n) is 12.1. The zero-order valence-electron chi connectivity index (χ0n) is 20.8. The van der Waals surface area contributed by atoms with Crippen LogP contribution in [0.4, 0.5) is 5.69 Å². The SMILES string of the molecule is Cc1ccc(-n2c(S[C@H](C)C(=O)Nc3ccccc3)nc3sc4c(c3c2=O)C[C@H](C(C)C)OC4)cc1. The van der Waals surface area contributed by atoms with E-state index in [9.17, 15) is 9.59 Å². The predicted octanol–water partition coefficient (Wildman–Crippen LogP) is 5.97. The van der Waals surface area contributed by atoms with Crippen LogP contribution in [-0.4, -0.2) is 26.8 Å². The monoisotopic (exact) mass is 519 g/mol. The number of thioether (sulfide) groups is 1. The van der Waals surface area contributed by atoms with Gasteiger partial charge in [0.2, 0.25) is 5.91 Å². The number of aromatic nitrogens is 2. The fourth-order valence-electron chi connectivity index (χ4n) is 4.31. The second-order valence-corrected chi connectivity index (χ2v) is 11.9. The van der Waals surface area contributed by atoms with Gasteiger partial charge in [0.1, 0.15) is 4.83 Å². The molecule has 0 fully saturated rings. The van der Waals surface area contributed by atoms with Crippen molar-refractivity contribution < 1.29 is 9.53 Å².